The van der Waals surface area contributed by atoms with Gasteiger partial charge in [0, 0.05) is 38.0 Å². The van der Waals surface area contributed by atoms with E-state index in [0.717, 1.165) is 11.1 Å². The van der Waals surface area contributed by atoms with Gasteiger partial charge in [0.25, 0.3) is 5.91 Å². The molecule has 1 aromatic rings. The zero-order valence-corrected chi connectivity index (χ0v) is 19.2. The number of ether oxygens (including phenoxy) is 1. The number of amides is 5. The number of hydrogen-bond acceptors (Lipinski definition) is 6. The highest BCUT2D eigenvalue weighted by Crippen LogP contribution is 2.29. The van der Waals surface area contributed by atoms with E-state index in [4.69, 9.17) is 4.74 Å². The van der Waals surface area contributed by atoms with E-state index in [2.05, 4.69) is 16.0 Å². The van der Waals surface area contributed by atoms with Gasteiger partial charge >= 0.3 is 6.09 Å². The minimum absolute atomic E-state index is 0.176. The Balaban J connectivity index is 1.50. The number of nitrogens with zero attached hydrogens (tertiary/aromatic N) is 1. The Morgan fingerprint density at radius 1 is 1.18 bits per heavy atom. The van der Waals surface area contributed by atoms with Gasteiger partial charge in [0.05, 0.1) is 0 Å². The van der Waals surface area contributed by atoms with Crippen LogP contribution in [0.5, 0.6) is 0 Å². The lowest BCUT2D eigenvalue weighted by Gasteiger charge is -2.29. The Morgan fingerprint density at radius 3 is 2.64 bits per heavy atom. The average Bonchev–Trinajstić information content (AvgIpc) is 3.05. The number of hydrogen-bond donors (Lipinski definition) is 3. The van der Waals surface area contributed by atoms with Crippen LogP contribution in [-0.4, -0.2) is 52.8 Å². The first-order valence-electron chi connectivity index (χ1n) is 11.0. The van der Waals surface area contributed by atoms with Gasteiger partial charge in [0.1, 0.15) is 11.6 Å². The molecule has 0 radical (unpaired) electrons. The molecule has 1 fully saturated rings. The minimum atomic E-state index is -0.678. The third-order valence-corrected chi connectivity index (χ3v) is 5.40. The molecule has 5 amide bonds. The number of rotatable bonds is 7. The van der Waals surface area contributed by atoms with Crippen LogP contribution in [0, 0.1) is 0 Å². The largest absolute Gasteiger partial charge is 0.444 e. The standard InChI is InChI=1S/C23H30N4O6/c1-23(2,3)33-22(32)24-11-5-8-18(28)25-12-14-6-4-7-15-16(14)13-27(21(15)31)17-9-10-19(29)26-20(17)30/h4,6-7,17H,5,8-13H2,1-3H3,(H,24,32)(H,25,28)(H,26,29,30). The van der Waals surface area contributed by atoms with Gasteiger partial charge in [-0.25, -0.2) is 4.79 Å². The lowest BCUT2D eigenvalue weighted by Crippen LogP contribution is -2.52. The summed E-state index contributed by atoms with van der Waals surface area (Å²) in [4.78, 5) is 61.8. The molecular formula is C23H30N4O6. The van der Waals surface area contributed by atoms with Crippen LogP contribution < -0.4 is 16.0 Å². The van der Waals surface area contributed by atoms with E-state index < -0.39 is 23.6 Å². The van der Waals surface area contributed by atoms with Crippen molar-refractivity contribution in [1.82, 2.24) is 20.9 Å². The Labute approximate surface area is 192 Å². The van der Waals surface area contributed by atoms with Gasteiger partial charge in [-0.2, -0.15) is 0 Å². The summed E-state index contributed by atoms with van der Waals surface area (Å²) in [7, 11) is 0. The summed E-state index contributed by atoms with van der Waals surface area (Å²) in [6.07, 6.45) is 0.662. The van der Waals surface area contributed by atoms with Crippen LogP contribution in [0.2, 0.25) is 0 Å². The van der Waals surface area contributed by atoms with Gasteiger partial charge in [-0.3, -0.25) is 24.5 Å². The third kappa shape index (κ3) is 6.30. The Morgan fingerprint density at radius 2 is 1.94 bits per heavy atom. The van der Waals surface area contributed by atoms with Crippen LogP contribution in [-0.2, 0) is 32.2 Å². The molecule has 33 heavy (non-hydrogen) atoms. The molecule has 0 spiro atoms. The van der Waals surface area contributed by atoms with Crippen molar-refractivity contribution in [2.75, 3.05) is 6.54 Å². The van der Waals surface area contributed by atoms with Crippen molar-refractivity contribution >= 4 is 29.7 Å². The molecule has 1 unspecified atom stereocenters. The molecular weight excluding hydrogens is 428 g/mol. The van der Waals surface area contributed by atoms with Gasteiger partial charge in [-0.1, -0.05) is 12.1 Å². The Bertz CT molecular complexity index is 968. The highest BCUT2D eigenvalue weighted by Gasteiger charge is 2.39. The fourth-order valence-corrected chi connectivity index (χ4v) is 3.85. The van der Waals surface area contributed by atoms with E-state index in [1.54, 1.807) is 32.9 Å². The number of nitrogens with one attached hydrogen (secondary N) is 3. The first-order chi connectivity index (χ1) is 15.5. The van der Waals surface area contributed by atoms with E-state index in [1.807, 2.05) is 6.07 Å². The highest BCUT2D eigenvalue weighted by atomic mass is 16.6. The number of carbonyl (C=O) groups is 5. The summed E-state index contributed by atoms with van der Waals surface area (Å²) in [6, 6.07) is 4.61. The van der Waals surface area contributed by atoms with Gasteiger partial charge in [0.2, 0.25) is 17.7 Å². The monoisotopic (exact) mass is 458 g/mol. The van der Waals surface area contributed by atoms with Crippen LogP contribution in [0.3, 0.4) is 0 Å². The maximum atomic E-state index is 12.9. The normalized spacial score (nSPS) is 18.0. The summed E-state index contributed by atoms with van der Waals surface area (Å²) < 4.78 is 5.14. The molecule has 1 aromatic carbocycles. The van der Waals surface area contributed by atoms with E-state index in [-0.39, 0.29) is 43.7 Å². The molecule has 10 heteroatoms. The van der Waals surface area contributed by atoms with Crippen LogP contribution in [0.1, 0.15) is 67.9 Å². The van der Waals surface area contributed by atoms with Crippen molar-refractivity contribution < 1.29 is 28.7 Å². The predicted molar refractivity (Wildman–Crippen MR) is 118 cm³/mol. The fourth-order valence-electron chi connectivity index (χ4n) is 3.85. The Kier molecular flexibility index (Phi) is 7.35. The van der Waals surface area contributed by atoms with Gasteiger partial charge < -0.3 is 20.3 Å². The summed E-state index contributed by atoms with van der Waals surface area (Å²) in [5.74, 6) is -1.21. The molecule has 0 aliphatic carbocycles. The second kappa shape index (κ2) is 10.0. The average molecular weight is 459 g/mol. The van der Waals surface area contributed by atoms with Crippen LogP contribution in [0.25, 0.3) is 0 Å². The molecule has 3 N–H and O–H groups in total. The summed E-state index contributed by atoms with van der Waals surface area (Å²) in [6.45, 7) is 6.15. The number of fused-ring (bicyclic) bond motifs is 1. The molecule has 0 saturated carbocycles. The molecule has 0 aromatic heterocycles. The molecule has 3 rings (SSSR count). The van der Waals surface area contributed by atoms with Gasteiger partial charge in [-0.15, -0.1) is 0 Å². The fraction of sp³-hybridized carbons (Fsp3) is 0.522. The lowest BCUT2D eigenvalue weighted by atomic mass is 10.0. The number of carbonyl (C=O) groups excluding carboxylic acids is 5. The molecule has 10 nitrogen and oxygen atoms in total. The van der Waals surface area contributed by atoms with Crippen LogP contribution >= 0.6 is 0 Å². The first kappa shape index (κ1) is 24.2. The van der Waals surface area contributed by atoms with Crippen molar-refractivity contribution in [3.05, 3.63) is 34.9 Å². The van der Waals surface area contributed by atoms with Crippen molar-refractivity contribution in [3.63, 3.8) is 0 Å². The second-order valence-corrected chi connectivity index (χ2v) is 9.15. The first-order valence-corrected chi connectivity index (χ1v) is 11.0. The number of piperidine rings is 1. The zero-order chi connectivity index (χ0) is 24.2. The predicted octanol–water partition coefficient (Wildman–Crippen LogP) is 1.37. The van der Waals surface area contributed by atoms with Crippen LogP contribution in [0.4, 0.5) is 4.79 Å². The third-order valence-electron chi connectivity index (χ3n) is 5.40. The Hall–Kier alpha value is -3.43. The quantitative estimate of drug-likeness (QED) is 0.417. The molecule has 1 atom stereocenters. The summed E-state index contributed by atoms with van der Waals surface area (Å²) in [5.41, 5.74) is 1.51. The lowest BCUT2D eigenvalue weighted by molar-refractivity contribution is -0.137. The highest BCUT2D eigenvalue weighted by molar-refractivity contribution is 6.05. The van der Waals surface area contributed by atoms with Crippen LogP contribution in [0.15, 0.2) is 18.2 Å². The number of benzene rings is 1. The molecule has 2 heterocycles. The zero-order valence-electron chi connectivity index (χ0n) is 19.2. The van der Waals surface area contributed by atoms with E-state index in [1.165, 1.54) is 4.90 Å². The summed E-state index contributed by atoms with van der Waals surface area (Å²) >= 11 is 0. The molecule has 1 saturated heterocycles. The van der Waals surface area contributed by atoms with Gasteiger partial charge in [0.15, 0.2) is 0 Å². The van der Waals surface area contributed by atoms with Crippen molar-refractivity contribution in [3.8, 4) is 0 Å². The van der Waals surface area contributed by atoms with E-state index in [0.29, 0.717) is 24.9 Å². The molecule has 2 aliphatic rings. The molecule has 178 valence electrons. The molecule has 0 bridgehead atoms. The number of imide groups is 1. The second-order valence-electron chi connectivity index (χ2n) is 9.15. The SMILES string of the molecule is CC(C)(C)OC(=O)NCCCC(=O)NCc1cccc2c1CN(C1CCC(=O)NC1=O)C2=O. The van der Waals surface area contributed by atoms with Crippen molar-refractivity contribution in [2.24, 2.45) is 0 Å². The van der Waals surface area contributed by atoms with E-state index in [9.17, 15) is 24.0 Å². The molecule has 2 aliphatic heterocycles. The maximum Gasteiger partial charge on any atom is 0.407 e. The maximum absolute atomic E-state index is 12.9. The number of alkyl carbamates (subject to hydrolysis) is 1. The van der Waals surface area contributed by atoms with Crippen molar-refractivity contribution in [2.45, 2.75) is 71.2 Å². The minimum Gasteiger partial charge on any atom is -0.444 e. The van der Waals surface area contributed by atoms with Crippen molar-refractivity contribution in [1.29, 1.82) is 0 Å². The van der Waals surface area contributed by atoms with Gasteiger partial charge in [-0.05, 0) is 50.8 Å². The summed E-state index contributed by atoms with van der Waals surface area (Å²) in [5, 5.41) is 7.74. The van der Waals surface area contributed by atoms with E-state index >= 15 is 0 Å². The topological polar surface area (TPSA) is 134 Å². The smallest absolute Gasteiger partial charge is 0.407 e.